The number of thiophene rings is 1. The Morgan fingerprint density at radius 3 is 2.70 bits per heavy atom. The van der Waals surface area contributed by atoms with Crippen LogP contribution >= 0.6 is 11.3 Å². The van der Waals surface area contributed by atoms with E-state index in [1.807, 2.05) is 40.6 Å². The van der Waals surface area contributed by atoms with Gasteiger partial charge in [-0.2, -0.15) is 0 Å². The lowest BCUT2D eigenvalue weighted by atomic mass is 10.1. The number of ether oxygens (including phenoxy) is 1. The lowest BCUT2D eigenvalue weighted by molar-refractivity contribution is -0.135. The molecule has 1 aliphatic rings. The Bertz CT molecular complexity index is 984. The van der Waals surface area contributed by atoms with Gasteiger partial charge in [0.15, 0.2) is 5.82 Å². The highest BCUT2D eigenvalue weighted by Crippen LogP contribution is 2.30. The molecule has 1 amide bonds. The highest BCUT2D eigenvalue weighted by atomic mass is 32.1. The van der Waals surface area contributed by atoms with Crippen molar-refractivity contribution >= 4 is 34.0 Å². The third-order valence-corrected chi connectivity index (χ3v) is 6.03. The predicted octanol–water partition coefficient (Wildman–Crippen LogP) is 4.07. The monoisotopic (exact) mass is 424 g/mol. The Morgan fingerprint density at radius 1 is 1.17 bits per heavy atom. The fraction of sp³-hybridized carbons (Fsp3) is 0.435. The molecule has 0 radical (unpaired) electrons. The standard InChI is InChI=1S/C23H28N4O2S/c1-17(2)16-27(10-9-21(28)26-11-13-29-14-12-26)23-18-6-3-4-7-19(18)24-22(25-23)20-8-5-15-30-20/h3-8,15,17H,9-14,16H2,1-2H3. The molecule has 1 fully saturated rings. The number of carbonyl (C=O) groups excluding carboxylic acids is 1. The van der Waals surface area contributed by atoms with Crippen LogP contribution in [0, 0.1) is 5.92 Å². The molecule has 7 heteroatoms. The van der Waals surface area contributed by atoms with Gasteiger partial charge in [0.25, 0.3) is 0 Å². The number of nitrogens with zero attached hydrogens (tertiary/aromatic N) is 4. The van der Waals surface area contributed by atoms with Crippen molar-refractivity contribution in [2.75, 3.05) is 44.3 Å². The van der Waals surface area contributed by atoms with Gasteiger partial charge in [0.1, 0.15) is 5.82 Å². The molecule has 3 aromatic rings. The van der Waals surface area contributed by atoms with Crippen molar-refractivity contribution in [3.8, 4) is 10.7 Å². The van der Waals surface area contributed by atoms with E-state index in [1.165, 1.54) is 0 Å². The van der Waals surface area contributed by atoms with Crippen molar-refractivity contribution in [2.45, 2.75) is 20.3 Å². The van der Waals surface area contributed by atoms with Gasteiger partial charge < -0.3 is 14.5 Å². The summed E-state index contributed by atoms with van der Waals surface area (Å²) in [5.74, 6) is 2.28. The van der Waals surface area contributed by atoms with Crippen molar-refractivity contribution in [3.63, 3.8) is 0 Å². The minimum Gasteiger partial charge on any atom is -0.378 e. The van der Waals surface area contributed by atoms with E-state index in [4.69, 9.17) is 14.7 Å². The molecule has 1 aromatic carbocycles. The molecule has 0 bridgehead atoms. The highest BCUT2D eigenvalue weighted by molar-refractivity contribution is 7.13. The van der Waals surface area contributed by atoms with Gasteiger partial charge >= 0.3 is 0 Å². The number of aromatic nitrogens is 2. The average molecular weight is 425 g/mol. The first-order chi connectivity index (χ1) is 14.6. The smallest absolute Gasteiger partial charge is 0.224 e. The van der Waals surface area contributed by atoms with Crippen LogP contribution in [-0.4, -0.2) is 60.2 Å². The molecule has 0 unspecified atom stereocenters. The zero-order chi connectivity index (χ0) is 20.9. The second kappa shape index (κ2) is 9.53. The number of rotatable bonds is 7. The number of para-hydroxylation sites is 1. The van der Waals surface area contributed by atoms with E-state index < -0.39 is 0 Å². The minimum absolute atomic E-state index is 0.184. The molecule has 3 heterocycles. The van der Waals surface area contributed by atoms with Crippen LogP contribution < -0.4 is 4.90 Å². The van der Waals surface area contributed by atoms with Crippen LogP contribution in [0.25, 0.3) is 21.6 Å². The maximum Gasteiger partial charge on any atom is 0.224 e. The maximum absolute atomic E-state index is 12.7. The van der Waals surface area contributed by atoms with Gasteiger partial charge in [-0.1, -0.05) is 32.0 Å². The summed E-state index contributed by atoms with van der Waals surface area (Å²) in [5, 5.41) is 3.07. The second-order valence-electron chi connectivity index (χ2n) is 7.95. The molecule has 0 atom stereocenters. The van der Waals surface area contributed by atoms with Crippen LogP contribution in [0.5, 0.6) is 0 Å². The molecule has 6 nitrogen and oxygen atoms in total. The first-order valence-electron chi connectivity index (χ1n) is 10.5. The van der Waals surface area contributed by atoms with E-state index in [0.29, 0.717) is 45.2 Å². The van der Waals surface area contributed by atoms with Gasteiger partial charge in [0, 0.05) is 38.0 Å². The Labute approximate surface area is 181 Å². The summed E-state index contributed by atoms with van der Waals surface area (Å²) < 4.78 is 5.37. The van der Waals surface area contributed by atoms with Crippen LogP contribution in [0.1, 0.15) is 20.3 Å². The molecule has 1 aliphatic heterocycles. The fourth-order valence-electron chi connectivity index (χ4n) is 3.74. The summed E-state index contributed by atoms with van der Waals surface area (Å²) in [5.41, 5.74) is 0.930. The van der Waals surface area contributed by atoms with E-state index in [0.717, 1.165) is 34.0 Å². The topological polar surface area (TPSA) is 58.6 Å². The summed E-state index contributed by atoms with van der Waals surface area (Å²) in [6.07, 6.45) is 0.472. The summed E-state index contributed by atoms with van der Waals surface area (Å²) in [6, 6.07) is 12.2. The minimum atomic E-state index is 0.184. The number of amides is 1. The van der Waals surface area contributed by atoms with Crippen molar-refractivity contribution in [1.82, 2.24) is 14.9 Å². The quantitative estimate of drug-likeness (QED) is 0.572. The number of fused-ring (bicyclic) bond motifs is 1. The largest absolute Gasteiger partial charge is 0.378 e. The van der Waals surface area contributed by atoms with Crippen molar-refractivity contribution in [3.05, 3.63) is 41.8 Å². The number of morpholine rings is 1. The lowest BCUT2D eigenvalue weighted by Gasteiger charge is -2.30. The SMILES string of the molecule is CC(C)CN(CCC(=O)N1CCOCC1)c1nc(-c2cccs2)nc2ccccc12. The van der Waals surface area contributed by atoms with Crippen LogP contribution in [0.3, 0.4) is 0 Å². The molecule has 4 rings (SSSR count). The normalized spacial score (nSPS) is 14.4. The van der Waals surface area contributed by atoms with E-state index >= 15 is 0 Å². The molecule has 0 aliphatic carbocycles. The van der Waals surface area contributed by atoms with Crippen LogP contribution in [-0.2, 0) is 9.53 Å². The first-order valence-corrected chi connectivity index (χ1v) is 11.4. The number of hydrogen-bond donors (Lipinski definition) is 0. The maximum atomic E-state index is 12.7. The molecule has 30 heavy (non-hydrogen) atoms. The summed E-state index contributed by atoms with van der Waals surface area (Å²) in [6.45, 7) is 8.48. The summed E-state index contributed by atoms with van der Waals surface area (Å²) >= 11 is 1.64. The van der Waals surface area contributed by atoms with Gasteiger partial charge in [-0.05, 0) is 29.5 Å². The molecular weight excluding hydrogens is 396 g/mol. The lowest BCUT2D eigenvalue weighted by Crippen LogP contribution is -2.42. The molecule has 0 spiro atoms. The first kappa shape index (κ1) is 20.8. The van der Waals surface area contributed by atoms with E-state index in [2.05, 4.69) is 24.8 Å². The molecule has 1 saturated heterocycles. The number of anilines is 1. The third-order valence-electron chi connectivity index (χ3n) is 5.17. The molecule has 0 saturated carbocycles. The summed E-state index contributed by atoms with van der Waals surface area (Å²) in [4.78, 5) is 27.7. The number of hydrogen-bond acceptors (Lipinski definition) is 6. The Kier molecular flexibility index (Phi) is 6.59. The zero-order valence-corrected chi connectivity index (χ0v) is 18.4. The predicted molar refractivity (Wildman–Crippen MR) is 122 cm³/mol. The van der Waals surface area contributed by atoms with E-state index in [1.54, 1.807) is 11.3 Å². The molecule has 158 valence electrons. The number of carbonyl (C=O) groups is 1. The van der Waals surface area contributed by atoms with Gasteiger partial charge in [0.2, 0.25) is 5.91 Å². The van der Waals surface area contributed by atoms with Crippen LogP contribution in [0.2, 0.25) is 0 Å². The fourth-order valence-corrected chi connectivity index (χ4v) is 4.40. The number of benzene rings is 1. The van der Waals surface area contributed by atoms with Crippen LogP contribution in [0.15, 0.2) is 41.8 Å². The van der Waals surface area contributed by atoms with Gasteiger partial charge in [0.05, 0.1) is 23.6 Å². The second-order valence-corrected chi connectivity index (χ2v) is 8.90. The van der Waals surface area contributed by atoms with Crippen LogP contribution in [0.4, 0.5) is 5.82 Å². The summed E-state index contributed by atoms with van der Waals surface area (Å²) in [7, 11) is 0. The Hall–Kier alpha value is -2.51. The van der Waals surface area contributed by atoms with E-state index in [-0.39, 0.29) is 5.91 Å². The van der Waals surface area contributed by atoms with Crippen molar-refractivity contribution in [2.24, 2.45) is 5.92 Å². The third kappa shape index (κ3) is 4.79. The van der Waals surface area contributed by atoms with E-state index in [9.17, 15) is 4.79 Å². The van der Waals surface area contributed by atoms with Gasteiger partial charge in [-0.15, -0.1) is 11.3 Å². The molecule has 2 aromatic heterocycles. The Morgan fingerprint density at radius 2 is 1.97 bits per heavy atom. The molecule has 0 N–H and O–H groups in total. The Balaban J connectivity index is 1.65. The van der Waals surface area contributed by atoms with Crippen molar-refractivity contribution < 1.29 is 9.53 Å². The molecular formula is C23H28N4O2S. The average Bonchev–Trinajstić information content (AvgIpc) is 3.31. The highest BCUT2D eigenvalue weighted by Gasteiger charge is 2.21. The van der Waals surface area contributed by atoms with Gasteiger partial charge in [-0.25, -0.2) is 9.97 Å². The zero-order valence-electron chi connectivity index (χ0n) is 17.6. The van der Waals surface area contributed by atoms with Crippen molar-refractivity contribution in [1.29, 1.82) is 0 Å². The van der Waals surface area contributed by atoms with Gasteiger partial charge in [-0.3, -0.25) is 4.79 Å².